The molecule has 4 amide bonds. The molecule has 0 aliphatic carbocycles. The van der Waals surface area contributed by atoms with Crippen LogP contribution in [0, 0.1) is 5.92 Å². The topological polar surface area (TPSA) is 209 Å². The Kier molecular flexibility index (Phi) is 9.76. The van der Waals surface area contributed by atoms with Crippen LogP contribution in [0.1, 0.15) is 32.3 Å². The van der Waals surface area contributed by atoms with Gasteiger partial charge in [0.2, 0.25) is 23.6 Å². The summed E-state index contributed by atoms with van der Waals surface area (Å²) in [5.41, 5.74) is 12.4. The molecule has 0 aliphatic rings. The average molecular weight is 489 g/mol. The summed E-state index contributed by atoms with van der Waals surface area (Å²) < 4.78 is 0. The van der Waals surface area contributed by atoms with Crippen LogP contribution in [-0.2, 0) is 30.4 Å². The summed E-state index contributed by atoms with van der Waals surface area (Å²) in [5.74, 6) is -4.15. The SMILES string of the molecule is CC(C)CC(N)C(=O)NCC(=O)NC(Cc1c[nH]c2ccccc12)C(=O)NC(CC(N)=O)C(=O)O. The average Bonchev–Trinajstić information content (AvgIpc) is 3.18. The molecule has 9 N–H and O–H groups in total. The molecular weight excluding hydrogens is 456 g/mol. The minimum Gasteiger partial charge on any atom is -0.480 e. The molecule has 0 spiro atoms. The third kappa shape index (κ3) is 8.41. The number of carbonyl (C=O) groups is 5. The first-order chi connectivity index (χ1) is 16.5. The Balaban J connectivity index is 2.15. The number of carbonyl (C=O) groups excluding carboxylic acids is 4. The number of amides is 4. The molecule has 12 nitrogen and oxygen atoms in total. The highest BCUT2D eigenvalue weighted by molar-refractivity contribution is 5.94. The summed E-state index contributed by atoms with van der Waals surface area (Å²) in [6, 6.07) is 3.79. The number of H-pyrrole nitrogens is 1. The van der Waals surface area contributed by atoms with E-state index in [-0.39, 0.29) is 12.3 Å². The van der Waals surface area contributed by atoms with Crippen molar-refractivity contribution in [1.29, 1.82) is 0 Å². The maximum Gasteiger partial charge on any atom is 0.326 e. The number of hydrogen-bond acceptors (Lipinski definition) is 6. The van der Waals surface area contributed by atoms with Gasteiger partial charge in [-0.05, 0) is 24.0 Å². The normalized spacial score (nSPS) is 13.6. The zero-order valence-electron chi connectivity index (χ0n) is 19.7. The first-order valence-electron chi connectivity index (χ1n) is 11.2. The van der Waals surface area contributed by atoms with Crippen LogP contribution < -0.4 is 27.4 Å². The third-order valence-corrected chi connectivity index (χ3v) is 5.26. The number of rotatable bonds is 13. The lowest BCUT2D eigenvalue weighted by Gasteiger charge is -2.21. The molecule has 0 saturated carbocycles. The predicted octanol–water partition coefficient (Wildman–Crippen LogP) is -0.870. The third-order valence-electron chi connectivity index (χ3n) is 5.26. The molecule has 0 bridgehead atoms. The summed E-state index contributed by atoms with van der Waals surface area (Å²) in [5, 5.41) is 17.3. The van der Waals surface area contributed by atoms with Gasteiger partial charge in [0.1, 0.15) is 12.1 Å². The summed E-state index contributed by atoms with van der Waals surface area (Å²) in [7, 11) is 0. The van der Waals surface area contributed by atoms with E-state index < -0.39 is 60.7 Å². The number of benzene rings is 1. The quantitative estimate of drug-likeness (QED) is 0.189. The number of carboxylic acid groups (broad SMARTS) is 1. The van der Waals surface area contributed by atoms with Crippen molar-refractivity contribution < 1.29 is 29.1 Å². The summed E-state index contributed by atoms with van der Waals surface area (Å²) in [6.45, 7) is 3.40. The van der Waals surface area contributed by atoms with E-state index in [0.29, 0.717) is 12.0 Å². The van der Waals surface area contributed by atoms with Gasteiger partial charge in [0.15, 0.2) is 0 Å². The van der Waals surface area contributed by atoms with Crippen molar-refractivity contribution in [3.8, 4) is 0 Å². The number of aromatic amines is 1. The Labute approximate surface area is 202 Å². The Bertz CT molecular complexity index is 1080. The zero-order chi connectivity index (χ0) is 26.1. The lowest BCUT2D eigenvalue weighted by Crippen LogP contribution is -2.55. The lowest BCUT2D eigenvalue weighted by molar-refractivity contribution is -0.143. The van der Waals surface area contributed by atoms with Crippen LogP contribution in [-0.4, -0.2) is 64.4 Å². The molecule has 1 heterocycles. The minimum absolute atomic E-state index is 0.0192. The molecular formula is C23H32N6O6. The predicted molar refractivity (Wildman–Crippen MR) is 128 cm³/mol. The highest BCUT2D eigenvalue weighted by atomic mass is 16.4. The monoisotopic (exact) mass is 488 g/mol. The number of primary amides is 1. The molecule has 0 fully saturated rings. The lowest BCUT2D eigenvalue weighted by atomic mass is 10.0. The summed E-state index contributed by atoms with van der Waals surface area (Å²) in [4.78, 5) is 63.3. The van der Waals surface area contributed by atoms with Crippen LogP contribution >= 0.6 is 0 Å². The van der Waals surface area contributed by atoms with E-state index in [1.807, 2.05) is 38.1 Å². The van der Waals surface area contributed by atoms with Crippen LogP contribution in [0.2, 0.25) is 0 Å². The van der Waals surface area contributed by atoms with Crippen LogP contribution in [0.4, 0.5) is 0 Å². The molecule has 190 valence electrons. The summed E-state index contributed by atoms with van der Waals surface area (Å²) >= 11 is 0. The number of carboxylic acids is 1. The van der Waals surface area contributed by atoms with E-state index in [4.69, 9.17) is 11.5 Å². The van der Waals surface area contributed by atoms with Crippen molar-refractivity contribution in [3.05, 3.63) is 36.0 Å². The van der Waals surface area contributed by atoms with Gasteiger partial charge in [-0.15, -0.1) is 0 Å². The Hall–Kier alpha value is -3.93. The van der Waals surface area contributed by atoms with Crippen molar-refractivity contribution in [2.75, 3.05) is 6.54 Å². The van der Waals surface area contributed by atoms with E-state index in [1.165, 1.54) is 0 Å². The van der Waals surface area contributed by atoms with Crippen LogP contribution in [0.3, 0.4) is 0 Å². The van der Waals surface area contributed by atoms with E-state index in [2.05, 4.69) is 20.9 Å². The Morgan fingerprint density at radius 2 is 1.71 bits per heavy atom. The maximum atomic E-state index is 12.9. The van der Waals surface area contributed by atoms with Crippen molar-refractivity contribution in [3.63, 3.8) is 0 Å². The number of nitrogens with two attached hydrogens (primary N) is 2. The highest BCUT2D eigenvalue weighted by Gasteiger charge is 2.28. The molecule has 0 radical (unpaired) electrons. The molecule has 3 atom stereocenters. The number of aliphatic carboxylic acids is 1. The van der Waals surface area contributed by atoms with Crippen molar-refractivity contribution in [1.82, 2.24) is 20.9 Å². The fourth-order valence-corrected chi connectivity index (χ4v) is 3.56. The standard InChI is InChI=1S/C23H32N6O6/c1-12(2)7-15(24)21(32)27-11-20(31)28-17(22(33)29-18(23(34)35)9-19(25)30)8-13-10-26-16-6-4-3-5-14(13)16/h3-6,10,12,15,17-18,26H,7-9,11,24H2,1-2H3,(H2,25,30)(H,27,32)(H,28,31)(H,29,33)(H,34,35). The van der Waals surface area contributed by atoms with Crippen molar-refractivity contribution >= 4 is 40.5 Å². The smallest absolute Gasteiger partial charge is 0.326 e. The van der Waals surface area contributed by atoms with Gasteiger partial charge < -0.3 is 37.5 Å². The fraction of sp³-hybridized carbons (Fsp3) is 0.435. The van der Waals surface area contributed by atoms with Gasteiger partial charge in [0, 0.05) is 23.5 Å². The largest absolute Gasteiger partial charge is 0.480 e. The maximum absolute atomic E-state index is 12.9. The number of nitrogens with one attached hydrogen (secondary N) is 4. The van der Waals surface area contributed by atoms with E-state index in [0.717, 1.165) is 10.9 Å². The van der Waals surface area contributed by atoms with Crippen LogP contribution in [0.5, 0.6) is 0 Å². The minimum atomic E-state index is -1.56. The molecule has 0 saturated heterocycles. The molecule has 1 aromatic heterocycles. The van der Waals surface area contributed by atoms with E-state index in [9.17, 15) is 29.1 Å². The van der Waals surface area contributed by atoms with Gasteiger partial charge in [-0.2, -0.15) is 0 Å². The highest BCUT2D eigenvalue weighted by Crippen LogP contribution is 2.19. The van der Waals surface area contributed by atoms with Gasteiger partial charge in [-0.25, -0.2) is 4.79 Å². The van der Waals surface area contributed by atoms with Crippen molar-refractivity contribution in [2.24, 2.45) is 17.4 Å². The molecule has 12 heteroatoms. The number of fused-ring (bicyclic) bond motifs is 1. The summed E-state index contributed by atoms with van der Waals surface area (Å²) in [6.07, 6.45) is 1.53. The van der Waals surface area contributed by atoms with Crippen LogP contribution in [0.25, 0.3) is 10.9 Å². The van der Waals surface area contributed by atoms with Gasteiger partial charge in [0.25, 0.3) is 0 Å². The molecule has 1 aromatic carbocycles. The number of para-hydroxylation sites is 1. The second-order valence-corrected chi connectivity index (χ2v) is 8.71. The first kappa shape index (κ1) is 27.3. The molecule has 2 aromatic rings. The molecule has 35 heavy (non-hydrogen) atoms. The fourth-order valence-electron chi connectivity index (χ4n) is 3.56. The van der Waals surface area contributed by atoms with Crippen LogP contribution in [0.15, 0.2) is 30.5 Å². The number of hydrogen-bond donors (Lipinski definition) is 7. The second-order valence-electron chi connectivity index (χ2n) is 8.71. The zero-order valence-corrected chi connectivity index (χ0v) is 19.7. The van der Waals surface area contributed by atoms with Gasteiger partial charge in [0.05, 0.1) is 19.0 Å². The van der Waals surface area contributed by atoms with Gasteiger partial charge >= 0.3 is 5.97 Å². The van der Waals surface area contributed by atoms with Gasteiger partial charge in [-0.3, -0.25) is 19.2 Å². The number of aromatic nitrogens is 1. The molecule has 2 rings (SSSR count). The second kappa shape index (κ2) is 12.5. The first-order valence-corrected chi connectivity index (χ1v) is 11.2. The van der Waals surface area contributed by atoms with Gasteiger partial charge in [-0.1, -0.05) is 32.0 Å². The van der Waals surface area contributed by atoms with Crippen molar-refractivity contribution in [2.45, 2.75) is 51.2 Å². The molecule has 0 aliphatic heterocycles. The Morgan fingerprint density at radius 3 is 2.34 bits per heavy atom. The van der Waals surface area contributed by atoms with E-state index in [1.54, 1.807) is 6.20 Å². The van der Waals surface area contributed by atoms with E-state index >= 15 is 0 Å². The Morgan fingerprint density at radius 1 is 1.03 bits per heavy atom. The molecule has 3 unspecified atom stereocenters.